The van der Waals surface area contributed by atoms with E-state index in [2.05, 4.69) is 50.3 Å². The second-order valence-electron chi connectivity index (χ2n) is 5.27. The lowest BCUT2D eigenvalue weighted by molar-refractivity contribution is 0.162. The summed E-state index contributed by atoms with van der Waals surface area (Å²) >= 11 is 0. The largest absolute Gasteiger partial charge is 0.395 e. The van der Waals surface area contributed by atoms with Crippen LogP contribution in [-0.2, 0) is 5.41 Å². The van der Waals surface area contributed by atoms with E-state index < -0.39 is 0 Å². The predicted molar refractivity (Wildman–Crippen MR) is 72.9 cm³/mol. The Bertz CT molecular complexity index is 408. The van der Waals surface area contributed by atoms with Crippen molar-refractivity contribution in [3.63, 3.8) is 0 Å². The molecule has 0 radical (unpaired) electrons. The second kappa shape index (κ2) is 5.05. The molecule has 1 heteroatoms. The summed E-state index contributed by atoms with van der Waals surface area (Å²) in [5.41, 5.74) is 2.45. The van der Waals surface area contributed by atoms with E-state index in [0.717, 1.165) is 0 Å². The van der Waals surface area contributed by atoms with E-state index in [1.54, 1.807) is 0 Å². The molecule has 1 nitrogen and oxygen atoms in total. The monoisotopic (exact) mass is 230 g/mol. The molecule has 0 aliphatic heterocycles. The van der Waals surface area contributed by atoms with E-state index in [1.165, 1.54) is 30.4 Å². The van der Waals surface area contributed by atoms with Gasteiger partial charge in [-0.2, -0.15) is 0 Å². The summed E-state index contributed by atoms with van der Waals surface area (Å²) in [4.78, 5) is 0. The van der Waals surface area contributed by atoms with Crippen molar-refractivity contribution in [2.24, 2.45) is 5.92 Å². The predicted octanol–water partition coefficient (Wildman–Crippen LogP) is 3.77. The molecule has 0 aromatic heterocycles. The summed E-state index contributed by atoms with van der Waals surface area (Å²) < 4.78 is 0. The van der Waals surface area contributed by atoms with Crippen molar-refractivity contribution in [2.45, 2.75) is 38.5 Å². The Morgan fingerprint density at radius 3 is 2.76 bits per heavy atom. The van der Waals surface area contributed by atoms with Gasteiger partial charge in [0.25, 0.3) is 0 Å². The molecule has 1 aromatic rings. The van der Waals surface area contributed by atoms with Crippen molar-refractivity contribution in [1.82, 2.24) is 0 Å². The first kappa shape index (κ1) is 12.4. The molecule has 0 bridgehead atoms. The average molecular weight is 230 g/mol. The third-order valence-electron chi connectivity index (χ3n) is 4.10. The number of benzene rings is 1. The van der Waals surface area contributed by atoms with Gasteiger partial charge in [-0.25, -0.2) is 0 Å². The molecule has 92 valence electrons. The lowest BCUT2D eigenvalue weighted by atomic mass is 9.66. The van der Waals surface area contributed by atoms with Crippen LogP contribution in [0.2, 0.25) is 0 Å². The Kier molecular flexibility index (Phi) is 3.68. The highest BCUT2D eigenvalue weighted by Gasteiger charge is 2.36. The molecule has 17 heavy (non-hydrogen) atoms. The SMILES string of the molecule is CCCC[C@@H]1C=Cc2ccccc2[C@]1(C)CO. The van der Waals surface area contributed by atoms with E-state index in [0.29, 0.717) is 5.92 Å². The first-order valence-corrected chi connectivity index (χ1v) is 6.61. The van der Waals surface area contributed by atoms with Crippen LogP contribution in [0.4, 0.5) is 0 Å². The van der Waals surface area contributed by atoms with Crippen LogP contribution in [0, 0.1) is 5.92 Å². The van der Waals surface area contributed by atoms with Crippen LogP contribution >= 0.6 is 0 Å². The normalized spacial score (nSPS) is 26.9. The maximum Gasteiger partial charge on any atom is 0.0531 e. The molecule has 1 aliphatic rings. The molecule has 2 atom stereocenters. The molecule has 0 unspecified atom stereocenters. The molecule has 1 aliphatic carbocycles. The molecule has 1 aromatic carbocycles. The fraction of sp³-hybridized carbons (Fsp3) is 0.500. The molecule has 0 amide bonds. The number of hydrogen-bond acceptors (Lipinski definition) is 1. The minimum absolute atomic E-state index is 0.111. The van der Waals surface area contributed by atoms with Gasteiger partial charge in [0.05, 0.1) is 6.61 Å². The number of aliphatic hydroxyl groups excluding tert-OH is 1. The number of allylic oxidation sites excluding steroid dienone is 1. The molecule has 0 spiro atoms. The highest BCUT2D eigenvalue weighted by Crippen LogP contribution is 2.41. The van der Waals surface area contributed by atoms with Crippen molar-refractivity contribution in [3.8, 4) is 0 Å². The third-order valence-corrected chi connectivity index (χ3v) is 4.10. The smallest absolute Gasteiger partial charge is 0.0531 e. The van der Waals surface area contributed by atoms with Gasteiger partial charge in [-0.15, -0.1) is 0 Å². The number of hydrogen-bond donors (Lipinski definition) is 1. The Hall–Kier alpha value is -1.08. The summed E-state index contributed by atoms with van der Waals surface area (Å²) in [6, 6.07) is 8.43. The van der Waals surface area contributed by atoms with Crippen molar-refractivity contribution in [3.05, 3.63) is 41.5 Å². The number of rotatable bonds is 4. The highest BCUT2D eigenvalue weighted by molar-refractivity contribution is 5.60. The maximum absolute atomic E-state index is 9.83. The summed E-state index contributed by atoms with van der Waals surface area (Å²) in [7, 11) is 0. The first-order valence-electron chi connectivity index (χ1n) is 6.61. The fourth-order valence-corrected chi connectivity index (χ4v) is 2.84. The summed E-state index contributed by atoms with van der Waals surface area (Å²) in [6.07, 6.45) is 8.11. The molecule has 0 heterocycles. The molecule has 0 saturated heterocycles. The van der Waals surface area contributed by atoms with Crippen LogP contribution in [0.3, 0.4) is 0 Å². The van der Waals surface area contributed by atoms with Crippen molar-refractivity contribution in [2.75, 3.05) is 6.61 Å². The van der Waals surface area contributed by atoms with E-state index >= 15 is 0 Å². The van der Waals surface area contributed by atoms with E-state index in [9.17, 15) is 5.11 Å². The van der Waals surface area contributed by atoms with Gasteiger partial charge in [0.15, 0.2) is 0 Å². The van der Waals surface area contributed by atoms with Crippen LogP contribution < -0.4 is 0 Å². The zero-order chi connectivity index (χ0) is 12.3. The van der Waals surface area contributed by atoms with Gasteiger partial charge < -0.3 is 5.11 Å². The van der Waals surface area contributed by atoms with Crippen LogP contribution in [0.15, 0.2) is 30.3 Å². The standard InChI is InChI=1S/C16H22O/c1-3-4-8-14-11-10-13-7-5-6-9-15(13)16(14,2)12-17/h5-7,9-11,14,17H,3-4,8,12H2,1-2H3/t14-,16-/m1/s1. The topological polar surface area (TPSA) is 20.2 Å². The van der Waals surface area contributed by atoms with Gasteiger partial charge in [-0.3, -0.25) is 0 Å². The minimum Gasteiger partial charge on any atom is -0.395 e. The quantitative estimate of drug-likeness (QED) is 0.834. The Morgan fingerprint density at radius 2 is 2.06 bits per heavy atom. The molecule has 1 N–H and O–H groups in total. The average Bonchev–Trinajstić information content (AvgIpc) is 2.38. The van der Waals surface area contributed by atoms with Crippen LogP contribution in [0.5, 0.6) is 0 Å². The van der Waals surface area contributed by atoms with Crippen LogP contribution in [0.1, 0.15) is 44.2 Å². The Morgan fingerprint density at radius 1 is 1.29 bits per heavy atom. The molecular weight excluding hydrogens is 208 g/mol. The zero-order valence-corrected chi connectivity index (χ0v) is 10.8. The summed E-state index contributed by atoms with van der Waals surface area (Å²) in [5, 5.41) is 9.83. The third kappa shape index (κ3) is 2.16. The van der Waals surface area contributed by atoms with E-state index in [-0.39, 0.29) is 12.0 Å². The minimum atomic E-state index is -0.111. The van der Waals surface area contributed by atoms with Gasteiger partial charge in [0.1, 0.15) is 0 Å². The summed E-state index contributed by atoms with van der Waals surface area (Å²) in [5.74, 6) is 0.461. The van der Waals surface area contributed by atoms with Crippen molar-refractivity contribution < 1.29 is 5.11 Å². The first-order chi connectivity index (χ1) is 8.22. The molecule has 0 saturated carbocycles. The number of fused-ring (bicyclic) bond motifs is 1. The van der Waals surface area contributed by atoms with Crippen molar-refractivity contribution >= 4 is 6.08 Å². The number of aliphatic hydroxyl groups is 1. The van der Waals surface area contributed by atoms with Gasteiger partial charge in [-0.1, -0.05) is 63.1 Å². The van der Waals surface area contributed by atoms with E-state index in [1.807, 2.05) is 0 Å². The van der Waals surface area contributed by atoms with Crippen molar-refractivity contribution in [1.29, 1.82) is 0 Å². The molecule has 0 fully saturated rings. The van der Waals surface area contributed by atoms with Crippen LogP contribution in [0.25, 0.3) is 6.08 Å². The second-order valence-corrected chi connectivity index (χ2v) is 5.27. The van der Waals surface area contributed by atoms with Crippen LogP contribution in [-0.4, -0.2) is 11.7 Å². The van der Waals surface area contributed by atoms with Gasteiger partial charge >= 0.3 is 0 Å². The zero-order valence-electron chi connectivity index (χ0n) is 10.8. The van der Waals surface area contributed by atoms with E-state index in [4.69, 9.17) is 0 Å². The highest BCUT2D eigenvalue weighted by atomic mass is 16.3. The Labute approximate surface area is 104 Å². The number of unbranched alkanes of at least 4 members (excludes halogenated alkanes) is 1. The lowest BCUT2D eigenvalue weighted by Gasteiger charge is -2.39. The maximum atomic E-state index is 9.83. The lowest BCUT2D eigenvalue weighted by Crippen LogP contribution is -2.37. The summed E-state index contributed by atoms with van der Waals surface area (Å²) in [6.45, 7) is 4.63. The molecular formula is C16H22O. The molecule has 2 rings (SSSR count). The fourth-order valence-electron chi connectivity index (χ4n) is 2.84. The van der Waals surface area contributed by atoms with Gasteiger partial charge in [-0.05, 0) is 23.5 Å². The van der Waals surface area contributed by atoms with Gasteiger partial charge in [0, 0.05) is 5.41 Å². The Balaban J connectivity index is 2.35. The van der Waals surface area contributed by atoms with Gasteiger partial charge in [0.2, 0.25) is 0 Å².